The molecule has 0 aliphatic carbocycles. The van der Waals surface area contributed by atoms with Gasteiger partial charge in [-0.15, -0.1) is 0 Å². The minimum Gasteiger partial charge on any atom is -0.480 e. The zero-order chi connectivity index (χ0) is 11.8. The van der Waals surface area contributed by atoms with Gasteiger partial charge in [0.25, 0.3) is 0 Å². The topological polar surface area (TPSA) is 60.9 Å². The van der Waals surface area contributed by atoms with Crippen LogP contribution < -0.4 is 0 Å². The first kappa shape index (κ1) is 13.9. The van der Waals surface area contributed by atoms with E-state index in [2.05, 4.69) is 0 Å². The van der Waals surface area contributed by atoms with Crippen molar-refractivity contribution in [2.75, 3.05) is 33.7 Å². The highest BCUT2D eigenvalue weighted by Gasteiger charge is 2.09. The van der Waals surface area contributed by atoms with Crippen LogP contribution in [0.25, 0.3) is 0 Å². The second-order valence-electron chi connectivity index (χ2n) is 3.65. The summed E-state index contributed by atoms with van der Waals surface area (Å²) in [6.07, 6.45) is 1.18. The molecule has 0 aromatic rings. The van der Waals surface area contributed by atoms with E-state index in [1.807, 2.05) is 11.8 Å². The number of hydrogen-bond donors (Lipinski definition) is 1. The molecule has 0 fully saturated rings. The van der Waals surface area contributed by atoms with E-state index in [-0.39, 0.29) is 12.5 Å². The molecule has 0 rings (SSSR count). The average molecular weight is 216 g/mol. The van der Waals surface area contributed by atoms with E-state index in [4.69, 9.17) is 5.11 Å². The molecule has 0 aliphatic heterocycles. The lowest BCUT2D eigenvalue weighted by Gasteiger charge is -2.18. The van der Waals surface area contributed by atoms with Gasteiger partial charge < -0.3 is 10.0 Å². The molecule has 0 aliphatic rings. The third-order valence-electron chi connectivity index (χ3n) is 2.17. The van der Waals surface area contributed by atoms with Gasteiger partial charge in [-0.25, -0.2) is 0 Å². The Morgan fingerprint density at radius 1 is 1.27 bits per heavy atom. The van der Waals surface area contributed by atoms with Gasteiger partial charge in [-0.1, -0.05) is 6.92 Å². The number of aliphatic carboxylic acids is 1. The molecule has 0 radical (unpaired) electrons. The lowest BCUT2D eigenvalue weighted by Crippen LogP contribution is -2.31. The lowest BCUT2D eigenvalue weighted by atomic mass is 10.2. The molecule has 5 heteroatoms. The van der Waals surface area contributed by atoms with Gasteiger partial charge in [-0.3, -0.25) is 14.5 Å². The molecule has 0 saturated heterocycles. The van der Waals surface area contributed by atoms with E-state index < -0.39 is 5.97 Å². The van der Waals surface area contributed by atoms with Gasteiger partial charge in [0.2, 0.25) is 5.91 Å². The fourth-order valence-electron chi connectivity index (χ4n) is 1.22. The zero-order valence-electron chi connectivity index (χ0n) is 9.69. The predicted octanol–water partition coefficient (Wildman–Crippen LogP) is 0.261. The van der Waals surface area contributed by atoms with Crippen LogP contribution in [0.15, 0.2) is 0 Å². The molecule has 0 spiro atoms. The number of carboxylic acids is 1. The van der Waals surface area contributed by atoms with Gasteiger partial charge in [0, 0.05) is 20.5 Å². The summed E-state index contributed by atoms with van der Waals surface area (Å²) >= 11 is 0. The third-order valence-corrected chi connectivity index (χ3v) is 2.17. The van der Waals surface area contributed by atoms with Gasteiger partial charge >= 0.3 is 5.97 Å². The minimum atomic E-state index is -0.823. The van der Waals surface area contributed by atoms with E-state index in [1.54, 1.807) is 19.0 Å². The second-order valence-corrected chi connectivity index (χ2v) is 3.65. The highest BCUT2D eigenvalue weighted by molar-refractivity contribution is 5.75. The number of amides is 1. The summed E-state index contributed by atoms with van der Waals surface area (Å²) in [6.45, 7) is 3.31. The Bertz CT molecular complexity index is 217. The van der Waals surface area contributed by atoms with Gasteiger partial charge in [-0.2, -0.15) is 0 Å². The molecule has 5 nitrogen and oxygen atoms in total. The summed E-state index contributed by atoms with van der Waals surface area (Å²) in [7, 11) is 3.44. The fraction of sp³-hybridized carbons (Fsp3) is 0.800. The largest absolute Gasteiger partial charge is 0.480 e. The molecule has 0 heterocycles. The van der Waals surface area contributed by atoms with Gasteiger partial charge in [0.05, 0.1) is 6.54 Å². The summed E-state index contributed by atoms with van der Waals surface area (Å²) < 4.78 is 0. The van der Waals surface area contributed by atoms with Crippen molar-refractivity contribution in [2.24, 2.45) is 0 Å². The molecular weight excluding hydrogens is 196 g/mol. The van der Waals surface area contributed by atoms with Crippen molar-refractivity contribution in [1.29, 1.82) is 0 Å². The molecule has 0 aromatic carbocycles. The quantitative estimate of drug-likeness (QED) is 0.663. The number of carbonyl (C=O) groups excluding carboxylic acids is 1. The first-order valence-corrected chi connectivity index (χ1v) is 5.11. The Hall–Kier alpha value is -1.10. The van der Waals surface area contributed by atoms with Crippen molar-refractivity contribution in [3.05, 3.63) is 0 Å². The van der Waals surface area contributed by atoms with Crippen LogP contribution in [0.3, 0.4) is 0 Å². The third kappa shape index (κ3) is 6.90. The molecule has 0 atom stereocenters. The number of carboxylic acid groups (broad SMARTS) is 1. The predicted molar refractivity (Wildman–Crippen MR) is 57.7 cm³/mol. The summed E-state index contributed by atoms with van der Waals surface area (Å²) in [5.74, 6) is -0.739. The SMILES string of the molecule is CCN(CCCC(=O)N(C)C)CC(=O)O. The lowest BCUT2D eigenvalue weighted by molar-refractivity contribution is -0.138. The van der Waals surface area contributed by atoms with Crippen molar-refractivity contribution in [3.63, 3.8) is 0 Å². The van der Waals surface area contributed by atoms with E-state index >= 15 is 0 Å². The van der Waals surface area contributed by atoms with Crippen molar-refractivity contribution in [2.45, 2.75) is 19.8 Å². The van der Waals surface area contributed by atoms with Crippen LogP contribution in [0.1, 0.15) is 19.8 Å². The smallest absolute Gasteiger partial charge is 0.317 e. The molecular formula is C10H20N2O3. The molecule has 88 valence electrons. The standard InChI is InChI=1S/C10H20N2O3/c1-4-12(8-10(14)15)7-5-6-9(13)11(2)3/h4-8H2,1-3H3,(H,14,15). The highest BCUT2D eigenvalue weighted by atomic mass is 16.4. The van der Waals surface area contributed by atoms with Crippen LogP contribution in [0.2, 0.25) is 0 Å². The summed E-state index contributed by atoms with van der Waals surface area (Å²) in [5.41, 5.74) is 0. The van der Waals surface area contributed by atoms with E-state index in [9.17, 15) is 9.59 Å². The van der Waals surface area contributed by atoms with Crippen LogP contribution in [0.5, 0.6) is 0 Å². The maximum absolute atomic E-state index is 11.2. The van der Waals surface area contributed by atoms with Crippen molar-refractivity contribution in [3.8, 4) is 0 Å². The Morgan fingerprint density at radius 2 is 1.87 bits per heavy atom. The Kier molecular flexibility index (Phi) is 6.70. The second kappa shape index (κ2) is 7.23. The van der Waals surface area contributed by atoms with Crippen LogP contribution in [0.4, 0.5) is 0 Å². The Morgan fingerprint density at radius 3 is 2.27 bits per heavy atom. The molecule has 0 aromatic heterocycles. The summed E-state index contributed by atoms with van der Waals surface area (Å²) in [4.78, 5) is 25.0. The summed E-state index contributed by atoms with van der Waals surface area (Å²) in [6, 6.07) is 0. The molecule has 0 saturated carbocycles. The highest BCUT2D eigenvalue weighted by Crippen LogP contribution is 1.97. The molecule has 1 amide bonds. The van der Waals surface area contributed by atoms with Crippen LogP contribution in [-0.4, -0.2) is 60.5 Å². The number of nitrogens with zero attached hydrogens (tertiary/aromatic N) is 2. The maximum atomic E-state index is 11.2. The monoisotopic (exact) mass is 216 g/mol. The van der Waals surface area contributed by atoms with Crippen LogP contribution in [-0.2, 0) is 9.59 Å². The number of likely N-dealkylation sites (N-methyl/N-ethyl adjacent to an activating group) is 1. The molecule has 0 unspecified atom stereocenters. The van der Waals surface area contributed by atoms with E-state index in [0.29, 0.717) is 25.9 Å². The molecule has 15 heavy (non-hydrogen) atoms. The molecule has 0 bridgehead atoms. The fourth-order valence-corrected chi connectivity index (χ4v) is 1.22. The summed E-state index contributed by atoms with van der Waals surface area (Å²) in [5, 5.41) is 8.59. The minimum absolute atomic E-state index is 0.0483. The Labute approximate surface area is 90.7 Å². The Balaban J connectivity index is 3.72. The number of carbonyl (C=O) groups is 2. The average Bonchev–Trinajstić information content (AvgIpc) is 2.15. The van der Waals surface area contributed by atoms with E-state index in [1.165, 1.54) is 0 Å². The maximum Gasteiger partial charge on any atom is 0.317 e. The number of rotatable bonds is 7. The van der Waals surface area contributed by atoms with Crippen LogP contribution in [0, 0.1) is 0 Å². The van der Waals surface area contributed by atoms with E-state index in [0.717, 1.165) is 0 Å². The zero-order valence-corrected chi connectivity index (χ0v) is 9.69. The molecule has 1 N–H and O–H groups in total. The van der Waals surface area contributed by atoms with Gasteiger partial charge in [0.1, 0.15) is 0 Å². The first-order valence-electron chi connectivity index (χ1n) is 5.11. The van der Waals surface area contributed by atoms with Crippen molar-refractivity contribution < 1.29 is 14.7 Å². The van der Waals surface area contributed by atoms with Crippen LogP contribution >= 0.6 is 0 Å². The van der Waals surface area contributed by atoms with Crippen molar-refractivity contribution >= 4 is 11.9 Å². The first-order chi connectivity index (χ1) is 6.97. The number of hydrogen-bond acceptors (Lipinski definition) is 3. The normalized spacial score (nSPS) is 10.4. The van der Waals surface area contributed by atoms with Gasteiger partial charge in [0.15, 0.2) is 0 Å². The van der Waals surface area contributed by atoms with Gasteiger partial charge in [-0.05, 0) is 19.5 Å². The van der Waals surface area contributed by atoms with Crippen molar-refractivity contribution in [1.82, 2.24) is 9.80 Å².